The van der Waals surface area contributed by atoms with Gasteiger partial charge >= 0.3 is 0 Å². The number of anilines is 1. The molecule has 0 aliphatic heterocycles. The first-order valence-electron chi connectivity index (χ1n) is 8.90. The van der Waals surface area contributed by atoms with E-state index in [1.165, 1.54) is 11.1 Å². The summed E-state index contributed by atoms with van der Waals surface area (Å²) in [6, 6.07) is 12.3. The summed E-state index contributed by atoms with van der Waals surface area (Å²) in [6.07, 6.45) is 3.76. The number of nitrogens with zero attached hydrogens (tertiary/aromatic N) is 5. The van der Waals surface area contributed by atoms with Gasteiger partial charge in [0, 0.05) is 29.9 Å². The van der Waals surface area contributed by atoms with E-state index < -0.39 is 0 Å². The number of nitrogens with one attached hydrogen (secondary N) is 1. The van der Waals surface area contributed by atoms with Crippen molar-refractivity contribution >= 4 is 27.4 Å². The summed E-state index contributed by atoms with van der Waals surface area (Å²) in [4.78, 5) is 12.7. The van der Waals surface area contributed by atoms with Crippen molar-refractivity contribution in [3.8, 4) is 11.1 Å². The van der Waals surface area contributed by atoms with Gasteiger partial charge in [-0.3, -0.25) is 4.68 Å². The minimum Gasteiger partial charge on any atom is -0.368 e. The van der Waals surface area contributed by atoms with E-state index in [1.807, 2.05) is 37.1 Å². The number of hydrogen-bond donors (Lipinski definition) is 1. The highest BCUT2D eigenvalue weighted by Crippen LogP contribution is 2.36. The van der Waals surface area contributed by atoms with Gasteiger partial charge in [0.15, 0.2) is 0 Å². The molecule has 7 heteroatoms. The predicted octanol–water partition coefficient (Wildman–Crippen LogP) is 3.73. The molecule has 6 nitrogen and oxygen atoms in total. The molecule has 27 heavy (non-hydrogen) atoms. The summed E-state index contributed by atoms with van der Waals surface area (Å²) in [5, 5.41) is 11.0. The van der Waals surface area contributed by atoms with Gasteiger partial charge in [-0.2, -0.15) is 5.10 Å². The van der Waals surface area contributed by atoms with E-state index in [-0.39, 0.29) is 0 Å². The molecule has 0 saturated heterocycles. The van der Waals surface area contributed by atoms with Gasteiger partial charge in [0.05, 0.1) is 18.5 Å². The predicted molar refractivity (Wildman–Crippen MR) is 111 cm³/mol. The highest BCUT2D eigenvalue weighted by atomic mass is 32.1. The zero-order chi connectivity index (χ0) is 18.6. The Morgan fingerprint density at radius 2 is 1.96 bits per heavy atom. The Morgan fingerprint density at radius 1 is 1.11 bits per heavy atom. The highest BCUT2D eigenvalue weighted by Gasteiger charge is 2.15. The first kappa shape index (κ1) is 17.6. The average molecular weight is 379 g/mol. The summed E-state index contributed by atoms with van der Waals surface area (Å²) in [6.45, 7) is 2.24. The van der Waals surface area contributed by atoms with Crippen molar-refractivity contribution in [2.75, 3.05) is 26.0 Å². The molecule has 4 aromatic rings. The summed E-state index contributed by atoms with van der Waals surface area (Å²) >= 11 is 1.67. The van der Waals surface area contributed by atoms with Gasteiger partial charge in [0.1, 0.15) is 16.5 Å². The minimum absolute atomic E-state index is 0.711. The van der Waals surface area contributed by atoms with Crippen LogP contribution in [0, 0.1) is 0 Å². The van der Waals surface area contributed by atoms with Crippen LogP contribution in [0.3, 0.4) is 0 Å². The van der Waals surface area contributed by atoms with Gasteiger partial charge < -0.3 is 10.2 Å². The van der Waals surface area contributed by atoms with Crippen LogP contribution in [-0.2, 0) is 13.1 Å². The zero-order valence-corrected chi connectivity index (χ0v) is 16.3. The van der Waals surface area contributed by atoms with Crippen LogP contribution in [0.2, 0.25) is 0 Å². The van der Waals surface area contributed by atoms with Crippen LogP contribution in [0.1, 0.15) is 5.82 Å². The Hall–Kier alpha value is -2.77. The molecule has 0 radical (unpaired) electrons. The van der Waals surface area contributed by atoms with E-state index >= 15 is 0 Å². The lowest BCUT2D eigenvalue weighted by Gasteiger charge is -2.13. The van der Waals surface area contributed by atoms with Crippen molar-refractivity contribution < 1.29 is 0 Å². The molecule has 4 rings (SSSR count). The van der Waals surface area contributed by atoms with Crippen molar-refractivity contribution in [2.45, 2.75) is 13.1 Å². The van der Waals surface area contributed by atoms with Crippen LogP contribution >= 0.6 is 11.3 Å². The average Bonchev–Trinajstić information content (AvgIpc) is 3.31. The number of aromatic nitrogens is 4. The molecule has 1 aromatic carbocycles. The molecule has 0 saturated carbocycles. The first-order valence-corrected chi connectivity index (χ1v) is 9.78. The van der Waals surface area contributed by atoms with E-state index in [1.54, 1.807) is 17.5 Å². The highest BCUT2D eigenvalue weighted by molar-refractivity contribution is 7.17. The van der Waals surface area contributed by atoms with Crippen LogP contribution < -0.4 is 5.32 Å². The molecule has 0 atom stereocenters. The zero-order valence-electron chi connectivity index (χ0n) is 15.5. The SMILES string of the molecule is CN(C)Cc1nc(NCCn2cccn2)c2c(-c3ccccc3)csc2n1. The monoisotopic (exact) mass is 378 g/mol. The van der Waals surface area contributed by atoms with Gasteiger partial charge in [-0.15, -0.1) is 11.3 Å². The van der Waals surface area contributed by atoms with Crippen LogP contribution in [-0.4, -0.2) is 45.3 Å². The number of rotatable bonds is 7. The smallest absolute Gasteiger partial charge is 0.146 e. The second-order valence-corrected chi connectivity index (χ2v) is 7.48. The lowest BCUT2D eigenvalue weighted by molar-refractivity contribution is 0.391. The maximum absolute atomic E-state index is 4.83. The molecule has 0 aliphatic rings. The fourth-order valence-corrected chi connectivity index (χ4v) is 3.99. The molecule has 3 heterocycles. The second kappa shape index (κ2) is 7.85. The molecule has 0 bridgehead atoms. The van der Waals surface area contributed by atoms with Crippen LogP contribution in [0.15, 0.2) is 54.2 Å². The third-order valence-corrected chi connectivity index (χ3v) is 5.09. The van der Waals surface area contributed by atoms with E-state index in [9.17, 15) is 0 Å². The van der Waals surface area contributed by atoms with Crippen molar-refractivity contribution in [1.82, 2.24) is 24.6 Å². The number of hydrogen-bond acceptors (Lipinski definition) is 6. The third kappa shape index (κ3) is 3.99. The van der Waals surface area contributed by atoms with Crippen LogP contribution in [0.4, 0.5) is 5.82 Å². The minimum atomic E-state index is 0.711. The molecule has 0 spiro atoms. The van der Waals surface area contributed by atoms with Gasteiger partial charge in [0.2, 0.25) is 0 Å². The quantitative estimate of drug-likeness (QED) is 0.531. The normalized spacial score (nSPS) is 11.4. The fourth-order valence-electron chi connectivity index (χ4n) is 3.02. The van der Waals surface area contributed by atoms with Crippen molar-refractivity contribution in [3.63, 3.8) is 0 Å². The molecule has 3 aromatic heterocycles. The van der Waals surface area contributed by atoms with E-state index in [0.29, 0.717) is 6.54 Å². The van der Waals surface area contributed by atoms with Gasteiger partial charge in [0.25, 0.3) is 0 Å². The topological polar surface area (TPSA) is 58.9 Å². The Labute approximate surface area is 162 Å². The van der Waals surface area contributed by atoms with Gasteiger partial charge in [-0.05, 0) is 25.7 Å². The molecule has 138 valence electrons. The van der Waals surface area contributed by atoms with Crippen molar-refractivity contribution in [2.24, 2.45) is 0 Å². The molecule has 1 N–H and O–H groups in total. The molecule has 0 fully saturated rings. The van der Waals surface area contributed by atoms with E-state index in [2.05, 4.69) is 45.0 Å². The maximum Gasteiger partial charge on any atom is 0.146 e. The summed E-state index contributed by atoms with van der Waals surface area (Å²) in [7, 11) is 4.06. The molecular formula is C20H22N6S. The number of benzene rings is 1. The summed E-state index contributed by atoms with van der Waals surface area (Å²) in [5.74, 6) is 1.72. The second-order valence-electron chi connectivity index (χ2n) is 6.62. The fraction of sp³-hybridized carbons (Fsp3) is 0.250. The molecule has 0 unspecified atom stereocenters. The van der Waals surface area contributed by atoms with Gasteiger partial charge in [-0.25, -0.2) is 9.97 Å². The standard InChI is InChI=1S/C20H22N6S/c1-25(2)13-17-23-19(21-10-12-26-11-6-9-22-26)18-16(14-27-20(18)24-17)15-7-4-3-5-8-15/h3-9,11,14H,10,12-13H2,1-2H3,(H,21,23,24). The van der Waals surface area contributed by atoms with E-state index in [0.717, 1.165) is 34.9 Å². The van der Waals surface area contributed by atoms with Crippen molar-refractivity contribution in [1.29, 1.82) is 0 Å². The van der Waals surface area contributed by atoms with Crippen molar-refractivity contribution in [3.05, 3.63) is 60.0 Å². The van der Waals surface area contributed by atoms with E-state index in [4.69, 9.17) is 9.97 Å². The van der Waals surface area contributed by atoms with Crippen LogP contribution in [0.5, 0.6) is 0 Å². The Bertz CT molecular complexity index is 1010. The Balaban J connectivity index is 1.71. The summed E-state index contributed by atoms with van der Waals surface area (Å²) in [5.41, 5.74) is 2.36. The number of thiophene rings is 1. The van der Waals surface area contributed by atoms with Crippen LogP contribution in [0.25, 0.3) is 21.3 Å². The summed E-state index contributed by atoms with van der Waals surface area (Å²) < 4.78 is 1.91. The molecule has 0 aliphatic carbocycles. The number of fused-ring (bicyclic) bond motifs is 1. The Morgan fingerprint density at radius 3 is 2.70 bits per heavy atom. The Kier molecular flexibility index (Phi) is 5.13. The van der Waals surface area contributed by atoms with Gasteiger partial charge in [-0.1, -0.05) is 30.3 Å². The lowest BCUT2D eigenvalue weighted by atomic mass is 10.1. The molecule has 0 amide bonds. The maximum atomic E-state index is 4.83. The largest absolute Gasteiger partial charge is 0.368 e. The first-order chi connectivity index (χ1) is 13.2. The third-order valence-electron chi connectivity index (χ3n) is 4.21. The lowest BCUT2D eigenvalue weighted by Crippen LogP contribution is -2.16. The molecular weight excluding hydrogens is 356 g/mol.